The van der Waals surface area contributed by atoms with Crippen molar-refractivity contribution in [2.24, 2.45) is 5.10 Å². The number of nitrogens with one attached hydrogen (secondary N) is 1. The Hall–Kier alpha value is -3.19. The van der Waals surface area contributed by atoms with Crippen LogP contribution in [0.25, 0.3) is 0 Å². The molecule has 0 saturated heterocycles. The highest BCUT2D eigenvalue weighted by Crippen LogP contribution is 2.26. The van der Waals surface area contributed by atoms with Crippen molar-refractivity contribution < 1.29 is 9.66 Å². The van der Waals surface area contributed by atoms with Gasteiger partial charge in [-0.1, -0.05) is 29.8 Å². The summed E-state index contributed by atoms with van der Waals surface area (Å²) in [6.07, 6.45) is 1.66. The van der Waals surface area contributed by atoms with Gasteiger partial charge in [0.2, 0.25) is 0 Å². The molecule has 0 bridgehead atoms. The molecule has 0 aliphatic carbocycles. The molecule has 0 amide bonds. The second-order valence-corrected chi connectivity index (χ2v) is 7.00. The molecule has 28 heavy (non-hydrogen) atoms. The van der Waals surface area contributed by atoms with Crippen LogP contribution in [-0.2, 0) is 6.61 Å². The van der Waals surface area contributed by atoms with Crippen molar-refractivity contribution in [1.82, 2.24) is 0 Å². The van der Waals surface area contributed by atoms with Crippen LogP contribution in [0.3, 0.4) is 0 Å². The lowest BCUT2D eigenvalue weighted by Crippen LogP contribution is -1.97. The van der Waals surface area contributed by atoms with Gasteiger partial charge in [-0.25, -0.2) is 0 Å². The maximum Gasteiger partial charge on any atom is 0.269 e. The zero-order chi connectivity index (χ0) is 19.9. The van der Waals surface area contributed by atoms with Gasteiger partial charge in [-0.3, -0.25) is 15.5 Å². The molecular weight excluding hydrogens is 422 g/mol. The van der Waals surface area contributed by atoms with E-state index in [1.54, 1.807) is 18.3 Å². The third kappa shape index (κ3) is 5.40. The molecule has 0 aliphatic heterocycles. The number of benzene rings is 3. The van der Waals surface area contributed by atoms with Crippen LogP contribution in [0.5, 0.6) is 5.75 Å². The highest BCUT2D eigenvalue weighted by molar-refractivity contribution is 9.10. The Morgan fingerprint density at radius 2 is 1.93 bits per heavy atom. The van der Waals surface area contributed by atoms with Crippen LogP contribution in [0.15, 0.2) is 76.3 Å². The van der Waals surface area contributed by atoms with E-state index in [-0.39, 0.29) is 5.69 Å². The molecule has 0 aliphatic rings. The number of halogens is 1. The Bertz CT molecular complexity index is 1000. The SMILES string of the molecule is Cc1cccc(COc2ccc(/C=N/Nc3ccc([N+](=O)[O-])cc3)cc2Br)c1. The number of hydrazone groups is 1. The number of rotatable bonds is 7. The van der Waals surface area contributed by atoms with Crippen LogP contribution < -0.4 is 10.2 Å². The molecule has 6 nitrogen and oxygen atoms in total. The largest absolute Gasteiger partial charge is 0.488 e. The molecule has 0 unspecified atom stereocenters. The van der Waals surface area contributed by atoms with Gasteiger partial charge in [-0.2, -0.15) is 5.10 Å². The molecule has 0 atom stereocenters. The monoisotopic (exact) mass is 439 g/mol. The summed E-state index contributed by atoms with van der Waals surface area (Å²) in [6.45, 7) is 2.55. The summed E-state index contributed by atoms with van der Waals surface area (Å²) in [5.41, 5.74) is 6.75. The van der Waals surface area contributed by atoms with E-state index in [4.69, 9.17) is 4.74 Å². The normalized spacial score (nSPS) is 10.8. The molecule has 0 heterocycles. The summed E-state index contributed by atoms with van der Waals surface area (Å²) in [5.74, 6) is 0.752. The first-order valence-electron chi connectivity index (χ1n) is 8.53. The topological polar surface area (TPSA) is 76.8 Å². The Labute approximate surface area is 171 Å². The molecule has 3 rings (SSSR count). The second kappa shape index (κ2) is 9.14. The number of aryl methyl sites for hydroxylation is 1. The molecule has 3 aromatic rings. The van der Waals surface area contributed by atoms with Crippen molar-refractivity contribution in [3.63, 3.8) is 0 Å². The van der Waals surface area contributed by atoms with Gasteiger partial charge in [0.15, 0.2) is 0 Å². The van der Waals surface area contributed by atoms with E-state index >= 15 is 0 Å². The first-order valence-corrected chi connectivity index (χ1v) is 9.32. The predicted octanol–water partition coefficient (Wildman–Crippen LogP) is 5.69. The van der Waals surface area contributed by atoms with Crippen molar-refractivity contribution in [3.8, 4) is 5.75 Å². The number of anilines is 1. The summed E-state index contributed by atoms with van der Waals surface area (Å²) >= 11 is 3.52. The molecule has 3 aromatic carbocycles. The Kier molecular flexibility index (Phi) is 6.39. The predicted molar refractivity (Wildman–Crippen MR) is 114 cm³/mol. The number of nitro benzene ring substituents is 1. The third-order valence-corrected chi connectivity index (χ3v) is 4.54. The minimum absolute atomic E-state index is 0.0414. The third-order valence-electron chi connectivity index (χ3n) is 3.92. The number of ether oxygens (including phenoxy) is 1. The lowest BCUT2D eigenvalue weighted by Gasteiger charge is -2.09. The van der Waals surface area contributed by atoms with Crippen molar-refractivity contribution in [2.75, 3.05) is 5.43 Å². The molecular formula is C21H18BrN3O3. The molecule has 142 valence electrons. The van der Waals surface area contributed by atoms with E-state index in [1.807, 2.05) is 30.3 Å². The fraction of sp³-hybridized carbons (Fsp3) is 0.0952. The quantitative estimate of drug-likeness (QED) is 0.291. The van der Waals surface area contributed by atoms with Crippen molar-refractivity contribution in [2.45, 2.75) is 13.5 Å². The van der Waals surface area contributed by atoms with Gasteiger partial charge in [0.05, 0.1) is 21.3 Å². The minimum Gasteiger partial charge on any atom is -0.488 e. The van der Waals surface area contributed by atoms with Gasteiger partial charge in [0.25, 0.3) is 5.69 Å². The molecule has 0 radical (unpaired) electrons. The van der Waals surface area contributed by atoms with Crippen LogP contribution in [-0.4, -0.2) is 11.1 Å². The second-order valence-electron chi connectivity index (χ2n) is 6.14. The molecule has 0 saturated carbocycles. The number of non-ortho nitro benzene ring substituents is 1. The van der Waals surface area contributed by atoms with Gasteiger partial charge < -0.3 is 4.74 Å². The fourth-order valence-electron chi connectivity index (χ4n) is 2.52. The summed E-state index contributed by atoms with van der Waals surface area (Å²) in [7, 11) is 0. The Morgan fingerprint density at radius 1 is 1.14 bits per heavy atom. The average molecular weight is 440 g/mol. The average Bonchev–Trinajstić information content (AvgIpc) is 2.68. The van der Waals surface area contributed by atoms with Gasteiger partial charge in [0.1, 0.15) is 12.4 Å². The van der Waals surface area contributed by atoms with E-state index < -0.39 is 4.92 Å². The maximum atomic E-state index is 10.7. The van der Waals surface area contributed by atoms with Crippen LogP contribution in [0, 0.1) is 17.0 Å². The van der Waals surface area contributed by atoms with E-state index in [0.717, 1.165) is 21.3 Å². The van der Waals surface area contributed by atoms with Crippen LogP contribution >= 0.6 is 15.9 Å². The molecule has 0 fully saturated rings. The fourth-order valence-corrected chi connectivity index (χ4v) is 3.03. The number of hydrogen-bond acceptors (Lipinski definition) is 5. The van der Waals surface area contributed by atoms with E-state index in [0.29, 0.717) is 12.3 Å². The van der Waals surface area contributed by atoms with Crippen molar-refractivity contribution in [3.05, 3.63) is 98.0 Å². The maximum absolute atomic E-state index is 10.7. The molecule has 7 heteroatoms. The van der Waals surface area contributed by atoms with E-state index in [2.05, 4.69) is 45.5 Å². The smallest absolute Gasteiger partial charge is 0.269 e. The summed E-state index contributed by atoms with van der Waals surface area (Å²) in [6, 6.07) is 19.9. The van der Waals surface area contributed by atoms with Gasteiger partial charge in [-0.05, 0) is 64.3 Å². The van der Waals surface area contributed by atoms with Gasteiger partial charge >= 0.3 is 0 Å². The van der Waals surface area contributed by atoms with Crippen molar-refractivity contribution in [1.29, 1.82) is 0 Å². The lowest BCUT2D eigenvalue weighted by atomic mass is 10.1. The summed E-state index contributed by atoms with van der Waals surface area (Å²) in [4.78, 5) is 10.2. The number of nitro groups is 1. The lowest BCUT2D eigenvalue weighted by molar-refractivity contribution is -0.384. The summed E-state index contributed by atoms with van der Waals surface area (Å²) in [5, 5.41) is 14.8. The standard InChI is InChI=1S/C21H18BrN3O3/c1-15-3-2-4-17(11-15)14-28-21-10-5-16(12-20(21)22)13-23-24-18-6-8-19(9-7-18)25(26)27/h2-13,24H,14H2,1H3/b23-13+. The summed E-state index contributed by atoms with van der Waals surface area (Å²) < 4.78 is 6.71. The van der Waals surface area contributed by atoms with Gasteiger partial charge in [0, 0.05) is 12.1 Å². The Balaban J connectivity index is 1.58. The van der Waals surface area contributed by atoms with E-state index in [9.17, 15) is 10.1 Å². The number of nitrogens with zero attached hydrogens (tertiary/aromatic N) is 2. The van der Waals surface area contributed by atoms with Crippen LogP contribution in [0.4, 0.5) is 11.4 Å². The molecule has 1 N–H and O–H groups in total. The Morgan fingerprint density at radius 3 is 2.61 bits per heavy atom. The highest BCUT2D eigenvalue weighted by Gasteiger charge is 2.04. The van der Waals surface area contributed by atoms with Crippen molar-refractivity contribution >= 4 is 33.5 Å². The first-order chi connectivity index (χ1) is 13.5. The zero-order valence-corrected chi connectivity index (χ0v) is 16.7. The van der Waals surface area contributed by atoms with Crippen LogP contribution in [0.1, 0.15) is 16.7 Å². The zero-order valence-electron chi connectivity index (χ0n) is 15.1. The number of hydrogen-bond donors (Lipinski definition) is 1. The first kappa shape index (κ1) is 19.6. The minimum atomic E-state index is -0.437. The van der Waals surface area contributed by atoms with E-state index in [1.165, 1.54) is 17.7 Å². The van der Waals surface area contributed by atoms with Gasteiger partial charge in [-0.15, -0.1) is 0 Å². The highest BCUT2D eigenvalue weighted by atomic mass is 79.9. The molecule has 0 spiro atoms. The molecule has 0 aromatic heterocycles. The van der Waals surface area contributed by atoms with Crippen LogP contribution in [0.2, 0.25) is 0 Å².